The molecule has 0 aliphatic carbocycles. The average Bonchev–Trinajstić information content (AvgIpc) is 3.51. The lowest BCUT2D eigenvalue weighted by Crippen LogP contribution is -2.36. The minimum atomic E-state index is -0.492. The second kappa shape index (κ2) is 7.95. The van der Waals surface area contributed by atoms with Crippen molar-refractivity contribution in [1.82, 2.24) is 19.7 Å². The molecule has 5 rings (SSSR count). The number of fused-ring (bicyclic) bond motifs is 1. The lowest BCUT2D eigenvalue weighted by atomic mass is 10.1. The van der Waals surface area contributed by atoms with Crippen molar-refractivity contribution in [2.75, 3.05) is 17.2 Å². The van der Waals surface area contributed by atoms with Crippen LogP contribution in [-0.2, 0) is 18.3 Å². The van der Waals surface area contributed by atoms with Gasteiger partial charge in [-0.25, -0.2) is 14.4 Å². The monoisotopic (exact) mass is 422 g/mol. The predicted octanol–water partition coefficient (Wildman–Crippen LogP) is 1.67. The van der Waals surface area contributed by atoms with Gasteiger partial charge < -0.3 is 20.5 Å². The number of nitrogens with one attached hydrogen (secondary N) is 2. The van der Waals surface area contributed by atoms with E-state index in [1.54, 1.807) is 30.2 Å². The van der Waals surface area contributed by atoms with Crippen molar-refractivity contribution in [3.05, 3.63) is 54.0 Å². The fourth-order valence-electron chi connectivity index (χ4n) is 3.90. The van der Waals surface area contributed by atoms with E-state index in [9.17, 15) is 9.50 Å². The molecular formula is C21H21FN7O2-. The maximum atomic E-state index is 14.1. The van der Waals surface area contributed by atoms with Crippen molar-refractivity contribution in [2.24, 2.45) is 12.0 Å². The number of nitrogens with zero attached hydrogens (tertiary/aromatic N) is 5. The third-order valence-corrected chi connectivity index (χ3v) is 5.38. The number of aryl methyl sites for hydroxylation is 1. The van der Waals surface area contributed by atoms with Gasteiger partial charge in [-0.3, -0.25) is 9.67 Å². The number of benzene rings is 1. The zero-order valence-electron chi connectivity index (χ0n) is 16.9. The van der Waals surface area contributed by atoms with Crippen molar-refractivity contribution < 1.29 is 14.2 Å². The number of aliphatic imine (C=N–C) groups is 1. The van der Waals surface area contributed by atoms with E-state index < -0.39 is 11.7 Å². The molecule has 2 aliphatic rings. The van der Waals surface area contributed by atoms with Crippen LogP contribution in [0.1, 0.15) is 24.1 Å². The zero-order chi connectivity index (χ0) is 21.4. The maximum Gasteiger partial charge on any atom is 0.155 e. The molecule has 4 heterocycles. The largest absolute Gasteiger partial charge is 0.857 e. The van der Waals surface area contributed by atoms with Gasteiger partial charge in [0.05, 0.1) is 18.8 Å². The Bertz CT molecular complexity index is 1140. The summed E-state index contributed by atoms with van der Waals surface area (Å²) in [6, 6.07) is 4.60. The second-order valence-electron chi connectivity index (χ2n) is 7.64. The van der Waals surface area contributed by atoms with Crippen LogP contribution in [0.25, 0.3) is 11.1 Å². The molecule has 0 saturated carbocycles. The van der Waals surface area contributed by atoms with Gasteiger partial charge in [-0.2, -0.15) is 5.10 Å². The Morgan fingerprint density at radius 1 is 1.29 bits per heavy atom. The molecular weight excluding hydrogens is 401 g/mol. The second-order valence-corrected chi connectivity index (χ2v) is 7.64. The number of ether oxygens (including phenoxy) is 1. The first kappa shape index (κ1) is 19.4. The normalized spacial score (nSPS) is 20.4. The Morgan fingerprint density at radius 3 is 2.97 bits per heavy atom. The summed E-state index contributed by atoms with van der Waals surface area (Å²) in [6.07, 6.45) is 6.57. The van der Waals surface area contributed by atoms with Crippen molar-refractivity contribution in [1.29, 1.82) is 0 Å². The Hall–Kier alpha value is -3.53. The molecule has 0 spiro atoms. The number of rotatable bonds is 5. The van der Waals surface area contributed by atoms with Crippen molar-refractivity contribution in [2.45, 2.75) is 31.7 Å². The summed E-state index contributed by atoms with van der Waals surface area (Å²) in [5, 5.41) is 23.4. The highest BCUT2D eigenvalue weighted by Crippen LogP contribution is 2.32. The molecule has 2 N–H and O–H groups in total. The standard InChI is InChI=1S/C21H22FN7O2/c1-29-10-14(9-26-29)13-5-12(6-15(22)7-13)8-23-21(30)18-17-20(25-11-24-18)28-19(27-17)16-3-2-4-31-16/h5-7,9-11,16,19,27H,2-4,8H2,1H3,(H,23,30)(H,24,25,28)/p-1. The van der Waals surface area contributed by atoms with Crippen LogP contribution in [0, 0.1) is 5.82 Å². The highest BCUT2D eigenvalue weighted by Gasteiger charge is 2.33. The van der Waals surface area contributed by atoms with Gasteiger partial charge in [0, 0.05) is 31.3 Å². The Kier molecular flexibility index (Phi) is 4.99. The smallest absolute Gasteiger partial charge is 0.155 e. The SMILES string of the molecule is Cn1cc(-c2cc(F)cc(CN=C([O-])c3ncnc4c3NC(C3CCCO3)N4)c2)cn1. The van der Waals surface area contributed by atoms with Crippen LogP contribution in [0.2, 0.25) is 0 Å². The molecule has 2 aliphatic heterocycles. The van der Waals surface area contributed by atoms with Crippen LogP contribution in [0.4, 0.5) is 15.9 Å². The van der Waals surface area contributed by atoms with Crippen molar-refractivity contribution in [3.8, 4) is 11.1 Å². The summed E-state index contributed by atoms with van der Waals surface area (Å²) < 4.78 is 21.5. The Morgan fingerprint density at radius 2 is 2.19 bits per heavy atom. The molecule has 2 aromatic heterocycles. The van der Waals surface area contributed by atoms with Crippen LogP contribution >= 0.6 is 0 Å². The molecule has 1 fully saturated rings. The molecule has 3 aromatic rings. The predicted molar refractivity (Wildman–Crippen MR) is 111 cm³/mol. The number of hydrogen-bond acceptors (Lipinski definition) is 8. The molecule has 0 radical (unpaired) electrons. The zero-order valence-corrected chi connectivity index (χ0v) is 16.9. The number of aromatic nitrogens is 4. The van der Waals surface area contributed by atoms with Gasteiger partial charge in [0.2, 0.25) is 0 Å². The van der Waals surface area contributed by atoms with Crippen LogP contribution in [0.5, 0.6) is 0 Å². The van der Waals surface area contributed by atoms with Crippen molar-refractivity contribution >= 4 is 17.4 Å². The fourth-order valence-corrected chi connectivity index (χ4v) is 3.90. The third-order valence-electron chi connectivity index (χ3n) is 5.38. The first-order chi connectivity index (χ1) is 15.1. The number of halogens is 1. The highest BCUT2D eigenvalue weighted by molar-refractivity contribution is 5.98. The van der Waals surface area contributed by atoms with Gasteiger partial charge in [0.15, 0.2) is 5.82 Å². The van der Waals surface area contributed by atoms with E-state index in [0.29, 0.717) is 22.6 Å². The summed E-state index contributed by atoms with van der Waals surface area (Å²) in [5.41, 5.74) is 2.76. The quantitative estimate of drug-likeness (QED) is 0.475. The summed E-state index contributed by atoms with van der Waals surface area (Å²) >= 11 is 0. The van der Waals surface area contributed by atoms with E-state index in [-0.39, 0.29) is 24.5 Å². The number of hydrogen-bond donors (Lipinski definition) is 2. The number of anilines is 2. The van der Waals surface area contributed by atoms with E-state index in [1.165, 1.54) is 18.5 Å². The van der Waals surface area contributed by atoms with Crippen LogP contribution in [0.3, 0.4) is 0 Å². The van der Waals surface area contributed by atoms with Gasteiger partial charge >= 0.3 is 0 Å². The molecule has 31 heavy (non-hydrogen) atoms. The summed E-state index contributed by atoms with van der Waals surface area (Å²) in [4.78, 5) is 12.5. The van der Waals surface area contributed by atoms with Gasteiger partial charge in [-0.1, -0.05) is 0 Å². The summed E-state index contributed by atoms with van der Waals surface area (Å²) in [6.45, 7) is 0.758. The van der Waals surface area contributed by atoms with E-state index in [2.05, 4.69) is 30.7 Å². The third kappa shape index (κ3) is 3.93. The minimum Gasteiger partial charge on any atom is -0.857 e. The molecule has 1 aromatic carbocycles. The molecule has 2 unspecified atom stereocenters. The lowest BCUT2D eigenvalue weighted by Gasteiger charge is -2.19. The average molecular weight is 422 g/mol. The van der Waals surface area contributed by atoms with E-state index >= 15 is 0 Å². The van der Waals surface area contributed by atoms with Gasteiger partial charge in [0.1, 0.15) is 29.7 Å². The Labute approximate surface area is 178 Å². The van der Waals surface area contributed by atoms with Crippen molar-refractivity contribution in [3.63, 3.8) is 0 Å². The molecule has 0 bridgehead atoms. The maximum absolute atomic E-state index is 14.1. The van der Waals surface area contributed by atoms with Gasteiger partial charge in [-0.15, -0.1) is 0 Å². The van der Waals surface area contributed by atoms with E-state index in [4.69, 9.17) is 4.74 Å². The van der Waals surface area contributed by atoms with Crippen LogP contribution < -0.4 is 15.7 Å². The van der Waals surface area contributed by atoms with Crippen LogP contribution in [-0.4, -0.2) is 44.5 Å². The van der Waals surface area contributed by atoms with Crippen LogP contribution in [0.15, 0.2) is 41.9 Å². The first-order valence-electron chi connectivity index (χ1n) is 10.1. The van der Waals surface area contributed by atoms with Gasteiger partial charge in [0.25, 0.3) is 0 Å². The molecule has 0 amide bonds. The first-order valence-corrected chi connectivity index (χ1v) is 10.1. The molecule has 1 saturated heterocycles. The fraction of sp³-hybridized carbons (Fsp3) is 0.333. The minimum absolute atomic E-state index is 0.00674. The lowest BCUT2D eigenvalue weighted by molar-refractivity contribution is -0.213. The highest BCUT2D eigenvalue weighted by atomic mass is 19.1. The Balaban J connectivity index is 1.36. The van der Waals surface area contributed by atoms with Gasteiger partial charge in [-0.05, 0) is 42.2 Å². The van der Waals surface area contributed by atoms with E-state index in [1.807, 2.05) is 0 Å². The molecule has 2 atom stereocenters. The summed E-state index contributed by atoms with van der Waals surface area (Å²) in [7, 11) is 1.80. The topological polar surface area (TPSA) is 112 Å². The molecule has 160 valence electrons. The summed E-state index contributed by atoms with van der Waals surface area (Å²) in [5.74, 6) is -0.334. The molecule has 10 heteroatoms. The van der Waals surface area contributed by atoms with E-state index in [0.717, 1.165) is 25.0 Å². The molecule has 9 nitrogen and oxygen atoms in total.